The molecule has 0 unspecified atom stereocenters. The van der Waals surface area contributed by atoms with Gasteiger partial charge in [-0.3, -0.25) is 4.79 Å². The second-order valence-corrected chi connectivity index (χ2v) is 8.37. The SMILES string of the molecule is CC1CCN(C(=O)CSc2nc(-c3ccc(Cl)cc3)cs2)CC1. The number of thiazole rings is 1. The minimum absolute atomic E-state index is 0.227. The fourth-order valence-electron chi connectivity index (χ4n) is 2.55. The molecular formula is C17H19ClN2OS2. The first kappa shape index (κ1) is 16.8. The minimum atomic E-state index is 0.227. The lowest BCUT2D eigenvalue weighted by Gasteiger charge is -2.30. The van der Waals surface area contributed by atoms with Crippen molar-refractivity contribution in [2.75, 3.05) is 18.8 Å². The Morgan fingerprint density at radius 3 is 2.74 bits per heavy atom. The van der Waals surface area contributed by atoms with Gasteiger partial charge in [0.1, 0.15) is 0 Å². The number of piperidine rings is 1. The lowest BCUT2D eigenvalue weighted by Crippen LogP contribution is -2.38. The van der Waals surface area contributed by atoms with E-state index in [0.717, 1.165) is 52.5 Å². The van der Waals surface area contributed by atoms with Gasteiger partial charge in [0.05, 0.1) is 11.4 Å². The molecule has 0 atom stereocenters. The van der Waals surface area contributed by atoms with Crippen molar-refractivity contribution >= 4 is 40.6 Å². The number of carbonyl (C=O) groups is 1. The number of thioether (sulfide) groups is 1. The zero-order valence-corrected chi connectivity index (χ0v) is 15.4. The van der Waals surface area contributed by atoms with Crippen LogP contribution in [0.25, 0.3) is 11.3 Å². The van der Waals surface area contributed by atoms with Gasteiger partial charge in [0.2, 0.25) is 5.91 Å². The smallest absolute Gasteiger partial charge is 0.233 e. The molecule has 0 aliphatic carbocycles. The van der Waals surface area contributed by atoms with E-state index in [1.807, 2.05) is 34.5 Å². The average molecular weight is 367 g/mol. The predicted octanol–water partition coefficient (Wildman–Crippen LogP) is 4.81. The first-order valence-corrected chi connectivity index (χ1v) is 9.98. The quantitative estimate of drug-likeness (QED) is 0.727. The highest BCUT2D eigenvalue weighted by Crippen LogP contribution is 2.29. The number of amides is 1. The maximum absolute atomic E-state index is 12.3. The first-order valence-electron chi connectivity index (χ1n) is 7.74. The normalized spacial score (nSPS) is 15.8. The Labute approximate surface area is 150 Å². The molecule has 3 nitrogen and oxygen atoms in total. The number of hydrogen-bond donors (Lipinski definition) is 0. The molecule has 1 aliphatic rings. The monoisotopic (exact) mass is 366 g/mol. The molecule has 1 amide bonds. The molecule has 0 radical (unpaired) electrons. The third-order valence-electron chi connectivity index (χ3n) is 4.08. The van der Waals surface area contributed by atoms with Crippen molar-refractivity contribution in [2.45, 2.75) is 24.1 Å². The summed E-state index contributed by atoms with van der Waals surface area (Å²) in [5.74, 6) is 1.44. The molecule has 2 aromatic rings. The zero-order chi connectivity index (χ0) is 16.2. The summed E-state index contributed by atoms with van der Waals surface area (Å²) in [6, 6.07) is 7.66. The minimum Gasteiger partial charge on any atom is -0.342 e. The molecule has 2 heterocycles. The lowest BCUT2D eigenvalue weighted by molar-refractivity contribution is -0.129. The molecular weight excluding hydrogens is 348 g/mol. The second kappa shape index (κ2) is 7.69. The Hall–Kier alpha value is -1.04. The summed E-state index contributed by atoms with van der Waals surface area (Å²) in [7, 11) is 0. The van der Waals surface area contributed by atoms with E-state index in [4.69, 9.17) is 11.6 Å². The van der Waals surface area contributed by atoms with Gasteiger partial charge < -0.3 is 4.90 Å². The Morgan fingerprint density at radius 2 is 2.04 bits per heavy atom. The number of hydrogen-bond acceptors (Lipinski definition) is 4. The van der Waals surface area contributed by atoms with Crippen LogP contribution in [0.1, 0.15) is 19.8 Å². The van der Waals surface area contributed by atoms with Crippen LogP contribution in [0.4, 0.5) is 0 Å². The Kier molecular flexibility index (Phi) is 5.62. The fourth-order valence-corrected chi connectivity index (χ4v) is 4.41. The van der Waals surface area contributed by atoms with E-state index >= 15 is 0 Å². The lowest BCUT2D eigenvalue weighted by atomic mass is 9.99. The molecule has 1 fully saturated rings. The van der Waals surface area contributed by atoms with E-state index in [0.29, 0.717) is 5.75 Å². The third-order valence-corrected chi connectivity index (χ3v) is 6.34. The number of likely N-dealkylation sites (tertiary alicyclic amines) is 1. The highest BCUT2D eigenvalue weighted by Gasteiger charge is 2.20. The highest BCUT2D eigenvalue weighted by atomic mass is 35.5. The number of halogens is 1. The molecule has 122 valence electrons. The van der Waals surface area contributed by atoms with E-state index < -0.39 is 0 Å². The molecule has 0 spiro atoms. The average Bonchev–Trinajstić information content (AvgIpc) is 3.03. The number of aromatic nitrogens is 1. The van der Waals surface area contributed by atoms with E-state index in [9.17, 15) is 4.79 Å². The summed E-state index contributed by atoms with van der Waals surface area (Å²) < 4.78 is 0.939. The van der Waals surface area contributed by atoms with Crippen LogP contribution in [0.5, 0.6) is 0 Å². The van der Waals surface area contributed by atoms with Crippen molar-refractivity contribution in [2.24, 2.45) is 5.92 Å². The van der Waals surface area contributed by atoms with E-state index in [-0.39, 0.29) is 5.91 Å². The van der Waals surface area contributed by atoms with Crippen LogP contribution in [0.2, 0.25) is 5.02 Å². The molecule has 0 N–H and O–H groups in total. The maximum atomic E-state index is 12.3. The zero-order valence-electron chi connectivity index (χ0n) is 13.0. The van der Waals surface area contributed by atoms with Crippen LogP contribution in [-0.2, 0) is 4.79 Å². The summed E-state index contributed by atoms with van der Waals surface area (Å²) in [6.07, 6.45) is 2.24. The van der Waals surface area contributed by atoms with Crippen molar-refractivity contribution in [3.63, 3.8) is 0 Å². The number of nitrogens with zero attached hydrogens (tertiary/aromatic N) is 2. The molecule has 1 aromatic carbocycles. The number of carbonyl (C=O) groups excluding carboxylic acids is 1. The topological polar surface area (TPSA) is 33.2 Å². The molecule has 1 saturated heterocycles. The highest BCUT2D eigenvalue weighted by molar-refractivity contribution is 8.01. The maximum Gasteiger partial charge on any atom is 0.233 e. The fraction of sp³-hybridized carbons (Fsp3) is 0.412. The Bertz CT molecular complexity index is 663. The van der Waals surface area contributed by atoms with Gasteiger partial charge in [-0.2, -0.15) is 0 Å². The van der Waals surface area contributed by atoms with Gasteiger partial charge >= 0.3 is 0 Å². The van der Waals surface area contributed by atoms with Crippen molar-refractivity contribution in [1.82, 2.24) is 9.88 Å². The van der Waals surface area contributed by atoms with Crippen molar-refractivity contribution in [1.29, 1.82) is 0 Å². The molecule has 6 heteroatoms. The van der Waals surface area contributed by atoms with Gasteiger partial charge in [-0.1, -0.05) is 42.4 Å². The van der Waals surface area contributed by atoms with Gasteiger partial charge in [0, 0.05) is 29.1 Å². The summed E-state index contributed by atoms with van der Waals surface area (Å²) >= 11 is 9.03. The molecule has 0 bridgehead atoms. The van der Waals surface area contributed by atoms with Crippen LogP contribution < -0.4 is 0 Å². The van der Waals surface area contributed by atoms with Crippen LogP contribution in [0, 0.1) is 5.92 Å². The van der Waals surface area contributed by atoms with Crippen LogP contribution in [0.15, 0.2) is 34.0 Å². The molecule has 1 aliphatic heterocycles. The first-order chi connectivity index (χ1) is 11.1. The van der Waals surface area contributed by atoms with Crippen molar-refractivity contribution in [3.05, 3.63) is 34.7 Å². The molecule has 0 saturated carbocycles. The molecule has 3 rings (SSSR count). The standard InChI is InChI=1S/C17H19ClN2OS2/c1-12-6-8-20(9-7-12)16(21)11-23-17-19-15(10-22-17)13-2-4-14(18)5-3-13/h2-5,10,12H,6-9,11H2,1H3. The van der Waals surface area contributed by atoms with Gasteiger partial charge in [0.25, 0.3) is 0 Å². The summed E-state index contributed by atoms with van der Waals surface area (Å²) in [5, 5.41) is 2.75. The Morgan fingerprint density at radius 1 is 1.35 bits per heavy atom. The van der Waals surface area contributed by atoms with Crippen molar-refractivity contribution in [3.8, 4) is 11.3 Å². The van der Waals surface area contributed by atoms with Gasteiger partial charge in [-0.05, 0) is 30.9 Å². The Balaban J connectivity index is 1.55. The molecule has 1 aromatic heterocycles. The van der Waals surface area contributed by atoms with Crippen molar-refractivity contribution < 1.29 is 4.79 Å². The predicted molar refractivity (Wildman–Crippen MR) is 98.3 cm³/mol. The van der Waals surface area contributed by atoms with Crippen LogP contribution in [0.3, 0.4) is 0 Å². The van der Waals surface area contributed by atoms with E-state index in [1.54, 1.807) is 11.3 Å². The van der Waals surface area contributed by atoms with Gasteiger partial charge in [0.15, 0.2) is 4.34 Å². The number of rotatable bonds is 4. The summed E-state index contributed by atoms with van der Waals surface area (Å²) in [4.78, 5) is 18.9. The van der Waals surface area contributed by atoms with Crippen LogP contribution in [-0.4, -0.2) is 34.6 Å². The van der Waals surface area contributed by atoms with E-state index in [2.05, 4.69) is 11.9 Å². The summed E-state index contributed by atoms with van der Waals surface area (Å²) in [6.45, 7) is 4.05. The third kappa shape index (κ3) is 4.49. The van der Waals surface area contributed by atoms with E-state index in [1.165, 1.54) is 11.8 Å². The number of benzene rings is 1. The largest absolute Gasteiger partial charge is 0.342 e. The van der Waals surface area contributed by atoms with Gasteiger partial charge in [-0.25, -0.2) is 4.98 Å². The van der Waals surface area contributed by atoms with Crippen LogP contribution >= 0.6 is 34.7 Å². The van der Waals surface area contributed by atoms with Gasteiger partial charge in [-0.15, -0.1) is 11.3 Å². The summed E-state index contributed by atoms with van der Waals surface area (Å²) in [5.41, 5.74) is 1.99. The molecule has 23 heavy (non-hydrogen) atoms. The second-order valence-electron chi connectivity index (χ2n) is 5.86.